The zero-order chi connectivity index (χ0) is 20.2. The molecule has 154 valence electrons. The van der Waals surface area contributed by atoms with Crippen LogP contribution in [0, 0.1) is 11.8 Å². The number of likely N-dealkylation sites (tertiary alicyclic amines) is 1. The van der Waals surface area contributed by atoms with E-state index in [1.54, 1.807) is 25.7 Å². The first-order valence-corrected chi connectivity index (χ1v) is 10.6. The first-order valence-electron chi connectivity index (χ1n) is 10.6. The predicted molar refractivity (Wildman–Crippen MR) is 113 cm³/mol. The summed E-state index contributed by atoms with van der Waals surface area (Å²) >= 11 is 0. The highest BCUT2D eigenvalue weighted by Crippen LogP contribution is 2.39. The molecule has 4 rings (SSSR count). The molecule has 2 unspecified atom stereocenters. The second kappa shape index (κ2) is 8.80. The van der Waals surface area contributed by atoms with Crippen molar-refractivity contribution in [1.82, 2.24) is 14.9 Å². The zero-order valence-electron chi connectivity index (χ0n) is 17.3. The zero-order valence-corrected chi connectivity index (χ0v) is 17.3. The average Bonchev–Trinajstić information content (AvgIpc) is 2.79. The third-order valence-electron chi connectivity index (χ3n) is 6.32. The lowest BCUT2D eigenvalue weighted by Gasteiger charge is -2.42. The van der Waals surface area contributed by atoms with Crippen molar-refractivity contribution in [3.63, 3.8) is 0 Å². The Labute approximate surface area is 172 Å². The minimum absolute atomic E-state index is 0.0745. The molecule has 2 aliphatic heterocycles. The third kappa shape index (κ3) is 4.21. The summed E-state index contributed by atoms with van der Waals surface area (Å²) in [5.74, 6) is 2.68. The van der Waals surface area contributed by atoms with E-state index in [9.17, 15) is 4.79 Å². The van der Waals surface area contributed by atoms with Crippen molar-refractivity contribution in [3.8, 4) is 5.75 Å². The molecule has 1 aromatic carbocycles. The number of methoxy groups -OCH3 is 1. The van der Waals surface area contributed by atoms with Gasteiger partial charge in [-0.05, 0) is 37.7 Å². The number of para-hydroxylation sites is 1. The number of piperidine rings is 2. The molecule has 0 bridgehead atoms. The maximum absolute atomic E-state index is 13.6. The molecule has 2 saturated heterocycles. The van der Waals surface area contributed by atoms with Crippen LogP contribution in [-0.4, -0.2) is 47.5 Å². The van der Waals surface area contributed by atoms with Crippen LogP contribution in [0.4, 0.5) is 5.82 Å². The van der Waals surface area contributed by atoms with Gasteiger partial charge in [0.25, 0.3) is 0 Å². The molecule has 6 nitrogen and oxygen atoms in total. The van der Waals surface area contributed by atoms with Crippen LogP contribution in [-0.2, 0) is 4.79 Å². The van der Waals surface area contributed by atoms with E-state index in [0.29, 0.717) is 11.8 Å². The van der Waals surface area contributed by atoms with Crippen LogP contribution >= 0.6 is 0 Å². The highest BCUT2D eigenvalue weighted by atomic mass is 16.5. The monoisotopic (exact) mass is 394 g/mol. The van der Waals surface area contributed by atoms with Crippen molar-refractivity contribution in [1.29, 1.82) is 0 Å². The van der Waals surface area contributed by atoms with E-state index in [1.165, 1.54) is 0 Å². The van der Waals surface area contributed by atoms with Gasteiger partial charge in [-0.15, -0.1) is 0 Å². The lowest BCUT2D eigenvalue weighted by atomic mass is 9.86. The molecule has 0 N–H and O–H groups in total. The van der Waals surface area contributed by atoms with Gasteiger partial charge in [0.15, 0.2) is 0 Å². The van der Waals surface area contributed by atoms with Gasteiger partial charge in [-0.1, -0.05) is 25.1 Å². The number of aromatic nitrogens is 2. The van der Waals surface area contributed by atoms with E-state index in [4.69, 9.17) is 4.74 Å². The number of carbonyl (C=O) groups is 1. The van der Waals surface area contributed by atoms with E-state index in [1.807, 2.05) is 18.2 Å². The average molecular weight is 395 g/mol. The molecular weight excluding hydrogens is 364 g/mol. The quantitative estimate of drug-likeness (QED) is 0.791. The van der Waals surface area contributed by atoms with E-state index in [-0.39, 0.29) is 12.0 Å². The highest BCUT2D eigenvalue weighted by molar-refractivity contribution is 5.80. The Balaban J connectivity index is 1.48. The normalized spacial score (nSPS) is 23.1. The number of ether oxygens (including phenoxy) is 1. The van der Waals surface area contributed by atoms with Crippen molar-refractivity contribution in [3.05, 3.63) is 48.4 Å². The van der Waals surface area contributed by atoms with E-state index >= 15 is 0 Å². The molecular formula is C23H30N4O2. The van der Waals surface area contributed by atoms with Gasteiger partial charge >= 0.3 is 0 Å². The molecule has 0 spiro atoms. The number of rotatable bonds is 4. The summed E-state index contributed by atoms with van der Waals surface area (Å²) < 4.78 is 5.60. The van der Waals surface area contributed by atoms with Crippen LogP contribution in [0.15, 0.2) is 42.9 Å². The van der Waals surface area contributed by atoms with Gasteiger partial charge in [-0.3, -0.25) is 9.78 Å². The van der Waals surface area contributed by atoms with Crippen molar-refractivity contribution >= 4 is 11.7 Å². The summed E-state index contributed by atoms with van der Waals surface area (Å²) in [7, 11) is 1.71. The number of hydrogen-bond acceptors (Lipinski definition) is 5. The maximum Gasteiger partial charge on any atom is 0.226 e. The maximum atomic E-state index is 13.6. The van der Waals surface area contributed by atoms with E-state index in [0.717, 1.165) is 62.4 Å². The molecule has 0 radical (unpaired) electrons. The lowest BCUT2D eigenvalue weighted by Crippen LogP contribution is -2.47. The van der Waals surface area contributed by atoms with Crippen molar-refractivity contribution < 1.29 is 9.53 Å². The second-order valence-corrected chi connectivity index (χ2v) is 8.26. The minimum Gasteiger partial charge on any atom is -0.496 e. The van der Waals surface area contributed by atoms with Gasteiger partial charge in [0.1, 0.15) is 11.6 Å². The summed E-state index contributed by atoms with van der Waals surface area (Å²) in [6.07, 6.45) is 9.06. The third-order valence-corrected chi connectivity index (χ3v) is 6.32. The summed E-state index contributed by atoms with van der Waals surface area (Å²) in [5, 5.41) is 0. The fraction of sp³-hybridized carbons (Fsp3) is 0.522. The standard InChI is InChI=1S/C23H30N4O2/c1-17-7-8-20(19-5-3-4-6-21(19)29-2)27(16-17)23(28)18-9-13-26(14-10-18)22-15-24-11-12-25-22/h3-6,11-12,15,17-18,20H,7-10,13-14,16H2,1-2H3. The molecule has 0 saturated carbocycles. The van der Waals surface area contributed by atoms with Crippen molar-refractivity contribution in [2.24, 2.45) is 11.8 Å². The topological polar surface area (TPSA) is 58.6 Å². The summed E-state index contributed by atoms with van der Waals surface area (Å²) in [5.41, 5.74) is 1.13. The molecule has 2 aliphatic rings. The first-order chi connectivity index (χ1) is 14.2. The van der Waals surface area contributed by atoms with Crippen LogP contribution < -0.4 is 9.64 Å². The van der Waals surface area contributed by atoms with Crippen LogP contribution in [0.2, 0.25) is 0 Å². The Morgan fingerprint density at radius 2 is 1.90 bits per heavy atom. The fourth-order valence-corrected chi connectivity index (χ4v) is 4.71. The molecule has 3 heterocycles. The Hall–Kier alpha value is -2.63. The Morgan fingerprint density at radius 3 is 2.62 bits per heavy atom. The molecule has 1 aromatic heterocycles. The summed E-state index contributed by atoms with van der Waals surface area (Å²) in [6.45, 7) is 4.76. The summed E-state index contributed by atoms with van der Waals surface area (Å²) in [6, 6.07) is 8.24. The number of amides is 1. The van der Waals surface area contributed by atoms with Gasteiger partial charge in [0.2, 0.25) is 5.91 Å². The second-order valence-electron chi connectivity index (χ2n) is 8.26. The Kier molecular flexibility index (Phi) is 5.97. The molecule has 2 atom stereocenters. The lowest BCUT2D eigenvalue weighted by molar-refractivity contribution is -0.141. The molecule has 0 aliphatic carbocycles. The van der Waals surface area contributed by atoms with Gasteiger partial charge in [0.05, 0.1) is 19.3 Å². The SMILES string of the molecule is COc1ccccc1C1CCC(C)CN1C(=O)C1CCN(c2cnccn2)CC1. The Bertz CT molecular complexity index is 821. The van der Waals surface area contributed by atoms with E-state index in [2.05, 4.69) is 32.8 Å². The highest BCUT2D eigenvalue weighted by Gasteiger charge is 2.37. The number of nitrogens with zero attached hydrogens (tertiary/aromatic N) is 4. The van der Waals surface area contributed by atoms with Gasteiger partial charge in [-0.2, -0.15) is 0 Å². The van der Waals surface area contributed by atoms with Gasteiger partial charge in [-0.25, -0.2) is 4.98 Å². The molecule has 2 aromatic rings. The van der Waals surface area contributed by atoms with Crippen LogP contribution in [0.25, 0.3) is 0 Å². The van der Waals surface area contributed by atoms with Gasteiger partial charge in [0, 0.05) is 43.5 Å². The van der Waals surface area contributed by atoms with Crippen LogP contribution in [0.5, 0.6) is 5.75 Å². The molecule has 2 fully saturated rings. The fourth-order valence-electron chi connectivity index (χ4n) is 4.71. The van der Waals surface area contributed by atoms with Gasteiger partial charge < -0.3 is 14.5 Å². The van der Waals surface area contributed by atoms with Crippen LogP contribution in [0.3, 0.4) is 0 Å². The first kappa shape index (κ1) is 19.7. The number of carbonyl (C=O) groups excluding carboxylic acids is 1. The number of hydrogen-bond donors (Lipinski definition) is 0. The predicted octanol–water partition coefficient (Wildman–Crippen LogP) is 3.70. The minimum atomic E-state index is 0.0745. The summed E-state index contributed by atoms with van der Waals surface area (Å²) in [4.78, 5) is 26.5. The van der Waals surface area contributed by atoms with Crippen molar-refractivity contribution in [2.75, 3.05) is 31.6 Å². The number of benzene rings is 1. The molecule has 29 heavy (non-hydrogen) atoms. The number of anilines is 1. The van der Waals surface area contributed by atoms with Crippen LogP contribution in [0.1, 0.15) is 44.2 Å². The largest absolute Gasteiger partial charge is 0.496 e. The van der Waals surface area contributed by atoms with E-state index < -0.39 is 0 Å². The molecule has 6 heteroatoms. The smallest absolute Gasteiger partial charge is 0.226 e. The molecule has 1 amide bonds. The van der Waals surface area contributed by atoms with Crippen molar-refractivity contribution in [2.45, 2.75) is 38.6 Å². The Morgan fingerprint density at radius 1 is 1.10 bits per heavy atom.